The van der Waals surface area contributed by atoms with Gasteiger partial charge >= 0.3 is 0 Å². The molecule has 0 spiro atoms. The van der Waals surface area contributed by atoms with Crippen LogP contribution < -0.4 is 10.6 Å². The Bertz CT molecular complexity index is 567. The Hall–Kier alpha value is -2.24. The van der Waals surface area contributed by atoms with Crippen molar-refractivity contribution in [3.05, 3.63) is 24.3 Å². The first-order valence-corrected chi connectivity index (χ1v) is 5.72. The van der Waals surface area contributed by atoms with Gasteiger partial charge in [0.05, 0.1) is 11.4 Å². The number of hydrogen-bond donors (Lipinski definition) is 2. The highest BCUT2D eigenvalue weighted by Gasteiger charge is 2.12. The second-order valence-electron chi connectivity index (χ2n) is 4.34. The zero-order valence-corrected chi connectivity index (χ0v) is 10.5. The molecule has 0 bridgehead atoms. The first-order valence-electron chi connectivity index (χ1n) is 5.72. The number of nitrogens with zero attached hydrogens (tertiary/aromatic N) is 4. The molecule has 0 radical (unpaired) electrons. The molecular formula is C12H16N6. The number of para-hydroxylation sites is 1. The van der Waals surface area contributed by atoms with Crippen LogP contribution in [0.25, 0.3) is 11.0 Å². The van der Waals surface area contributed by atoms with E-state index in [4.69, 9.17) is 11.1 Å². The van der Waals surface area contributed by atoms with Crippen LogP contribution in [0.2, 0.25) is 0 Å². The molecule has 0 fully saturated rings. The van der Waals surface area contributed by atoms with E-state index in [9.17, 15) is 0 Å². The quantitative estimate of drug-likeness (QED) is 0.619. The van der Waals surface area contributed by atoms with Crippen LogP contribution in [0.1, 0.15) is 6.92 Å². The lowest BCUT2D eigenvalue weighted by atomic mass is 10.1. The summed E-state index contributed by atoms with van der Waals surface area (Å²) in [6.07, 6.45) is 0. The average molecular weight is 244 g/mol. The summed E-state index contributed by atoms with van der Waals surface area (Å²) in [5.41, 5.74) is 7.04. The van der Waals surface area contributed by atoms with E-state index in [-0.39, 0.29) is 11.8 Å². The molecule has 94 valence electrons. The van der Waals surface area contributed by atoms with Crippen molar-refractivity contribution in [1.29, 1.82) is 5.41 Å². The Labute approximate surface area is 105 Å². The van der Waals surface area contributed by atoms with E-state index in [1.807, 2.05) is 43.1 Å². The monoisotopic (exact) mass is 244 g/mol. The SMILES string of the molecule is CC(CN(C)c1nnc2ccccc2n1)C(=N)N. The predicted octanol–water partition coefficient (Wildman–Crippen LogP) is 1.03. The highest BCUT2D eigenvalue weighted by molar-refractivity contribution is 5.80. The molecule has 1 aromatic carbocycles. The van der Waals surface area contributed by atoms with Gasteiger partial charge in [0.15, 0.2) is 0 Å². The number of nitrogens with two attached hydrogens (primary N) is 1. The number of fused-ring (bicyclic) bond motifs is 1. The maximum atomic E-state index is 7.38. The van der Waals surface area contributed by atoms with Crippen LogP contribution in [0, 0.1) is 11.3 Å². The van der Waals surface area contributed by atoms with Gasteiger partial charge in [0, 0.05) is 19.5 Å². The molecule has 6 nitrogen and oxygen atoms in total. The van der Waals surface area contributed by atoms with Crippen molar-refractivity contribution >= 4 is 22.8 Å². The molecule has 0 amide bonds. The molecule has 0 aliphatic carbocycles. The first-order chi connectivity index (χ1) is 8.58. The minimum absolute atomic E-state index is 0.0370. The standard InChI is InChI=1S/C12H16N6/c1-8(11(13)14)7-18(2)12-15-9-5-3-4-6-10(9)16-17-12/h3-6,8H,7H2,1-2H3,(H3,13,14). The third-order valence-corrected chi connectivity index (χ3v) is 2.77. The Morgan fingerprint density at radius 3 is 2.67 bits per heavy atom. The van der Waals surface area contributed by atoms with Gasteiger partial charge in [-0.1, -0.05) is 19.1 Å². The summed E-state index contributed by atoms with van der Waals surface area (Å²) in [6.45, 7) is 2.49. The van der Waals surface area contributed by atoms with Crippen molar-refractivity contribution in [3.8, 4) is 0 Å². The Morgan fingerprint density at radius 1 is 1.33 bits per heavy atom. The molecule has 0 aliphatic heterocycles. The maximum absolute atomic E-state index is 7.38. The topological polar surface area (TPSA) is 91.8 Å². The van der Waals surface area contributed by atoms with E-state index in [0.29, 0.717) is 12.5 Å². The minimum atomic E-state index is -0.0370. The van der Waals surface area contributed by atoms with E-state index in [0.717, 1.165) is 11.0 Å². The van der Waals surface area contributed by atoms with Crippen molar-refractivity contribution in [3.63, 3.8) is 0 Å². The molecule has 18 heavy (non-hydrogen) atoms. The normalized spacial score (nSPS) is 12.3. The van der Waals surface area contributed by atoms with Gasteiger partial charge in [0.1, 0.15) is 5.52 Å². The van der Waals surface area contributed by atoms with Crippen molar-refractivity contribution in [2.45, 2.75) is 6.92 Å². The summed E-state index contributed by atoms with van der Waals surface area (Å²) in [6, 6.07) is 7.59. The van der Waals surface area contributed by atoms with E-state index in [2.05, 4.69) is 15.2 Å². The highest BCUT2D eigenvalue weighted by Crippen LogP contribution is 2.12. The molecule has 1 heterocycles. The molecule has 1 unspecified atom stereocenters. The van der Waals surface area contributed by atoms with Gasteiger partial charge in [-0.25, -0.2) is 4.98 Å². The summed E-state index contributed by atoms with van der Waals surface area (Å²) < 4.78 is 0. The molecule has 0 saturated heterocycles. The second-order valence-corrected chi connectivity index (χ2v) is 4.34. The largest absolute Gasteiger partial charge is 0.387 e. The van der Waals surface area contributed by atoms with Gasteiger partial charge in [-0.2, -0.15) is 0 Å². The van der Waals surface area contributed by atoms with Crippen LogP contribution in [0.5, 0.6) is 0 Å². The van der Waals surface area contributed by atoms with E-state index in [1.54, 1.807) is 0 Å². The van der Waals surface area contributed by atoms with Gasteiger partial charge in [0.2, 0.25) is 5.95 Å². The van der Waals surface area contributed by atoms with E-state index in [1.165, 1.54) is 0 Å². The molecule has 0 aliphatic rings. The van der Waals surface area contributed by atoms with Crippen LogP contribution in [0.4, 0.5) is 5.95 Å². The first kappa shape index (κ1) is 12.2. The second kappa shape index (κ2) is 4.95. The van der Waals surface area contributed by atoms with Crippen molar-refractivity contribution < 1.29 is 0 Å². The average Bonchev–Trinajstić information content (AvgIpc) is 2.37. The lowest BCUT2D eigenvalue weighted by molar-refractivity contribution is 0.710. The minimum Gasteiger partial charge on any atom is -0.387 e. The predicted molar refractivity (Wildman–Crippen MR) is 71.7 cm³/mol. The van der Waals surface area contributed by atoms with Gasteiger partial charge in [-0.15, -0.1) is 10.2 Å². The molecule has 2 aromatic rings. The summed E-state index contributed by atoms with van der Waals surface area (Å²) in [4.78, 5) is 6.28. The summed E-state index contributed by atoms with van der Waals surface area (Å²) in [5, 5.41) is 15.6. The molecule has 1 aromatic heterocycles. The fourth-order valence-corrected chi connectivity index (χ4v) is 1.62. The number of aromatic nitrogens is 3. The van der Waals surface area contributed by atoms with E-state index >= 15 is 0 Å². The Kier molecular flexibility index (Phi) is 3.36. The fraction of sp³-hybridized carbons (Fsp3) is 0.333. The fourth-order valence-electron chi connectivity index (χ4n) is 1.62. The van der Waals surface area contributed by atoms with Gasteiger partial charge in [-0.3, -0.25) is 5.41 Å². The maximum Gasteiger partial charge on any atom is 0.245 e. The van der Waals surface area contributed by atoms with Gasteiger partial charge in [0.25, 0.3) is 0 Å². The zero-order chi connectivity index (χ0) is 13.1. The Morgan fingerprint density at radius 2 is 2.00 bits per heavy atom. The number of benzene rings is 1. The Balaban J connectivity index is 2.22. The summed E-state index contributed by atoms with van der Waals surface area (Å²) in [5.74, 6) is 0.669. The number of anilines is 1. The van der Waals surface area contributed by atoms with Crippen molar-refractivity contribution in [2.24, 2.45) is 11.7 Å². The highest BCUT2D eigenvalue weighted by atomic mass is 15.3. The van der Waals surface area contributed by atoms with Crippen molar-refractivity contribution in [1.82, 2.24) is 15.2 Å². The molecule has 0 saturated carbocycles. The van der Waals surface area contributed by atoms with Gasteiger partial charge in [-0.05, 0) is 12.1 Å². The summed E-state index contributed by atoms with van der Waals surface area (Å²) >= 11 is 0. The third-order valence-electron chi connectivity index (χ3n) is 2.77. The van der Waals surface area contributed by atoms with Crippen LogP contribution in [0.15, 0.2) is 24.3 Å². The zero-order valence-electron chi connectivity index (χ0n) is 10.5. The molecule has 1 atom stereocenters. The summed E-state index contributed by atoms with van der Waals surface area (Å²) in [7, 11) is 1.87. The lowest BCUT2D eigenvalue weighted by Crippen LogP contribution is -2.33. The van der Waals surface area contributed by atoms with Crippen LogP contribution in [0.3, 0.4) is 0 Å². The van der Waals surface area contributed by atoms with Crippen molar-refractivity contribution in [2.75, 3.05) is 18.5 Å². The molecular weight excluding hydrogens is 228 g/mol. The van der Waals surface area contributed by atoms with Crippen LogP contribution >= 0.6 is 0 Å². The number of nitrogens with one attached hydrogen (secondary N) is 1. The number of amidine groups is 1. The molecule has 6 heteroatoms. The smallest absolute Gasteiger partial charge is 0.245 e. The number of hydrogen-bond acceptors (Lipinski definition) is 5. The van der Waals surface area contributed by atoms with Gasteiger partial charge < -0.3 is 10.6 Å². The number of rotatable bonds is 4. The third kappa shape index (κ3) is 2.53. The van der Waals surface area contributed by atoms with Crippen LogP contribution in [-0.4, -0.2) is 34.6 Å². The molecule has 3 N–H and O–H groups in total. The van der Waals surface area contributed by atoms with Crippen LogP contribution in [-0.2, 0) is 0 Å². The molecule has 2 rings (SSSR count). The lowest BCUT2D eigenvalue weighted by Gasteiger charge is -2.20. The van der Waals surface area contributed by atoms with E-state index < -0.39 is 0 Å².